The third-order valence-electron chi connectivity index (χ3n) is 2.73. The van der Waals surface area contributed by atoms with Crippen molar-refractivity contribution >= 4 is 41.1 Å². The molecule has 0 radical (unpaired) electrons. The van der Waals surface area contributed by atoms with Crippen LogP contribution in [0, 0.1) is 0 Å². The lowest BCUT2D eigenvalue weighted by Crippen LogP contribution is -2.14. The summed E-state index contributed by atoms with van der Waals surface area (Å²) in [5.41, 5.74) is 0.139. The Morgan fingerprint density at radius 3 is 2.65 bits per heavy atom. The summed E-state index contributed by atoms with van der Waals surface area (Å²) in [6.45, 7) is 0. The molecule has 0 aliphatic rings. The number of thioether (sulfide) groups is 2. The Kier molecular flexibility index (Phi) is 7.01. The lowest BCUT2D eigenvalue weighted by atomic mass is 10.3. The summed E-state index contributed by atoms with van der Waals surface area (Å²) in [7, 11) is 1.30. The van der Waals surface area contributed by atoms with E-state index in [0.717, 1.165) is 16.4 Å². The number of aromatic amines is 1. The second-order valence-corrected chi connectivity index (χ2v) is 7.13. The van der Waals surface area contributed by atoms with Crippen molar-refractivity contribution in [2.45, 2.75) is 16.5 Å². The van der Waals surface area contributed by atoms with Gasteiger partial charge in [0.2, 0.25) is 0 Å². The van der Waals surface area contributed by atoms with E-state index in [1.54, 1.807) is 11.8 Å². The van der Waals surface area contributed by atoms with Crippen LogP contribution in [-0.2, 0) is 16.0 Å². The van der Waals surface area contributed by atoms with E-state index in [1.165, 1.54) is 24.9 Å². The molecule has 0 bridgehead atoms. The molecule has 1 heterocycles. The number of carbonyl (C=O) groups excluding carboxylic acids is 1. The molecule has 1 N–H and O–H groups in total. The normalized spacial score (nSPS) is 10.5. The Balaban J connectivity index is 1.86. The highest BCUT2D eigenvalue weighted by atomic mass is 35.5. The molecule has 1 aromatic heterocycles. The number of nitrogens with zero attached hydrogens (tertiary/aromatic N) is 1. The minimum atomic E-state index is -0.419. The number of halogens is 1. The van der Waals surface area contributed by atoms with Gasteiger partial charge in [-0.1, -0.05) is 23.4 Å². The van der Waals surface area contributed by atoms with Crippen molar-refractivity contribution in [3.63, 3.8) is 0 Å². The number of methoxy groups -OCH3 is 1. The van der Waals surface area contributed by atoms with E-state index >= 15 is 0 Å². The fraction of sp³-hybridized carbons (Fsp3) is 0.267. The predicted molar refractivity (Wildman–Crippen MR) is 93.5 cm³/mol. The molecule has 0 fully saturated rings. The maximum Gasteiger partial charge on any atom is 0.311 e. The SMILES string of the molecule is COC(=O)Cc1cc(=O)[nH]c(SCCSc2ccc(Cl)cc2)n1. The highest BCUT2D eigenvalue weighted by Crippen LogP contribution is 2.22. The van der Waals surface area contributed by atoms with E-state index in [9.17, 15) is 9.59 Å². The van der Waals surface area contributed by atoms with Gasteiger partial charge in [0.15, 0.2) is 5.16 Å². The number of rotatable bonds is 7. The molecule has 2 rings (SSSR count). The number of H-pyrrole nitrogens is 1. The van der Waals surface area contributed by atoms with E-state index in [4.69, 9.17) is 11.6 Å². The van der Waals surface area contributed by atoms with Gasteiger partial charge in [-0.3, -0.25) is 9.59 Å². The van der Waals surface area contributed by atoms with Gasteiger partial charge in [0, 0.05) is 27.5 Å². The van der Waals surface area contributed by atoms with Crippen molar-refractivity contribution in [3.05, 3.63) is 51.4 Å². The van der Waals surface area contributed by atoms with Crippen LogP contribution in [0.5, 0.6) is 0 Å². The number of ether oxygens (including phenoxy) is 1. The fourth-order valence-corrected chi connectivity index (χ4v) is 3.60. The quantitative estimate of drug-likeness (QED) is 0.349. The van der Waals surface area contributed by atoms with E-state index in [1.807, 2.05) is 24.3 Å². The first-order valence-electron chi connectivity index (χ1n) is 6.75. The van der Waals surface area contributed by atoms with Crippen LogP contribution >= 0.6 is 35.1 Å². The van der Waals surface area contributed by atoms with E-state index in [-0.39, 0.29) is 12.0 Å². The van der Waals surface area contributed by atoms with Crippen molar-refractivity contribution in [2.75, 3.05) is 18.6 Å². The van der Waals surface area contributed by atoms with E-state index < -0.39 is 5.97 Å². The summed E-state index contributed by atoms with van der Waals surface area (Å²) in [6.07, 6.45) is -0.00644. The lowest BCUT2D eigenvalue weighted by Gasteiger charge is -2.04. The first-order valence-corrected chi connectivity index (χ1v) is 9.10. The molecule has 0 aliphatic heterocycles. The number of esters is 1. The molecular weight excluding hydrogens is 356 g/mol. The van der Waals surface area contributed by atoms with Crippen LogP contribution in [0.2, 0.25) is 5.02 Å². The number of nitrogens with one attached hydrogen (secondary N) is 1. The largest absolute Gasteiger partial charge is 0.469 e. The van der Waals surface area contributed by atoms with Crippen molar-refractivity contribution in [3.8, 4) is 0 Å². The highest BCUT2D eigenvalue weighted by molar-refractivity contribution is 8.02. The second kappa shape index (κ2) is 9.00. The minimum Gasteiger partial charge on any atom is -0.469 e. The Bertz CT molecular complexity index is 719. The summed E-state index contributed by atoms with van der Waals surface area (Å²) in [6, 6.07) is 8.95. The van der Waals surface area contributed by atoms with Gasteiger partial charge in [-0.05, 0) is 24.3 Å². The van der Waals surface area contributed by atoms with E-state index in [0.29, 0.717) is 15.9 Å². The average Bonchev–Trinajstić information content (AvgIpc) is 2.52. The molecular formula is C15H15ClN2O3S2. The number of hydrogen-bond donors (Lipinski definition) is 1. The highest BCUT2D eigenvalue weighted by Gasteiger charge is 2.07. The standard InChI is InChI=1S/C15H15ClN2O3S2/c1-21-14(20)9-11-8-13(19)18-15(17-11)23-7-6-22-12-4-2-10(16)3-5-12/h2-5,8H,6-7,9H2,1H3,(H,17,18,19). The van der Waals surface area contributed by atoms with Gasteiger partial charge >= 0.3 is 5.97 Å². The van der Waals surface area contributed by atoms with Gasteiger partial charge < -0.3 is 9.72 Å². The van der Waals surface area contributed by atoms with Gasteiger partial charge in [0.25, 0.3) is 5.56 Å². The zero-order valence-electron chi connectivity index (χ0n) is 12.4. The first-order chi connectivity index (χ1) is 11.1. The van der Waals surface area contributed by atoms with Crippen molar-refractivity contribution in [1.82, 2.24) is 9.97 Å². The van der Waals surface area contributed by atoms with Gasteiger partial charge in [0.05, 0.1) is 19.2 Å². The third kappa shape index (κ3) is 6.29. The molecule has 1 aromatic carbocycles. The van der Waals surface area contributed by atoms with Crippen LogP contribution < -0.4 is 5.56 Å². The van der Waals surface area contributed by atoms with Crippen LogP contribution in [0.4, 0.5) is 0 Å². The number of aromatic nitrogens is 2. The minimum absolute atomic E-state index is 0.00644. The number of hydrogen-bond acceptors (Lipinski definition) is 6. The summed E-state index contributed by atoms with van der Waals surface area (Å²) in [5.74, 6) is 1.21. The topological polar surface area (TPSA) is 72.1 Å². The molecule has 8 heteroatoms. The van der Waals surface area contributed by atoms with Crippen molar-refractivity contribution in [1.29, 1.82) is 0 Å². The van der Waals surface area contributed by atoms with E-state index in [2.05, 4.69) is 14.7 Å². The van der Waals surface area contributed by atoms with Gasteiger partial charge in [-0.2, -0.15) is 0 Å². The van der Waals surface area contributed by atoms with Crippen LogP contribution in [0.3, 0.4) is 0 Å². The molecule has 2 aromatic rings. The molecule has 0 aliphatic carbocycles. The molecule has 0 atom stereocenters. The maximum atomic E-state index is 11.6. The summed E-state index contributed by atoms with van der Waals surface area (Å²) in [4.78, 5) is 30.9. The maximum absolute atomic E-state index is 11.6. The Hall–Kier alpha value is -1.44. The Labute approximate surface area is 147 Å². The molecule has 23 heavy (non-hydrogen) atoms. The molecule has 0 saturated carbocycles. The molecule has 122 valence electrons. The smallest absolute Gasteiger partial charge is 0.311 e. The van der Waals surface area contributed by atoms with Crippen molar-refractivity contribution < 1.29 is 9.53 Å². The van der Waals surface area contributed by atoms with Crippen LogP contribution in [0.1, 0.15) is 5.69 Å². The molecule has 0 amide bonds. The zero-order chi connectivity index (χ0) is 16.7. The summed E-state index contributed by atoms with van der Waals surface area (Å²) < 4.78 is 4.58. The van der Waals surface area contributed by atoms with Crippen LogP contribution in [0.25, 0.3) is 0 Å². The molecule has 0 saturated heterocycles. The number of carbonyl (C=O) groups is 1. The summed E-state index contributed by atoms with van der Waals surface area (Å²) >= 11 is 8.98. The zero-order valence-corrected chi connectivity index (χ0v) is 14.8. The van der Waals surface area contributed by atoms with Crippen LogP contribution in [-0.4, -0.2) is 34.6 Å². The number of benzene rings is 1. The van der Waals surface area contributed by atoms with Crippen LogP contribution in [0.15, 0.2) is 45.2 Å². The van der Waals surface area contributed by atoms with Gasteiger partial charge in [-0.25, -0.2) is 4.98 Å². The fourth-order valence-electron chi connectivity index (χ4n) is 1.69. The second-order valence-electron chi connectivity index (χ2n) is 4.45. The predicted octanol–water partition coefficient (Wildman–Crippen LogP) is 3.02. The average molecular weight is 371 g/mol. The first kappa shape index (κ1) is 17.9. The Morgan fingerprint density at radius 1 is 1.26 bits per heavy atom. The monoisotopic (exact) mass is 370 g/mol. The third-order valence-corrected chi connectivity index (χ3v) is 5.13. The molecule has 0 unspecified atom stereocenters. The Morgan fingerprint density at radius 2 is 1.96 bits per heavy atom. The lowest BCUT2D eigenvalue weighted by molar-refractivity contribution is -0.139. The molecule has 5 nitrogen and oxygen atoms in total. The van der Waals surface area contributed by atoms with Gasteiger partial charge in [-0.15, -0.1) is 11.8 Å². The van der Waals surface area contributed by atoms with Crippen molar-refractivity contribution in [2.24, 2.45) is 0 Å². The molecule has 0 spiro atoms. The summed E-state index contributed by atoms with van der Waals surface area (Å²) in [5, 5.41) is 1.22. The van der Waals surface area contributed by atoms with Gasteiger partial charge in [0.1, 0.15) is 0 Å².